The van der Waals surface area contributed by atoms with Gasteiger partial charge in [0.15, 0.2) is 11.5 Å². The molecule has 1 saturated heterocycles. The Morgan fingerprint density at radius 1 is 0.906 bits per heavy atom. The number of carbonyl (C=O) groups excluding carboxylic acids is 2. The smallest absolute Gasteiger partial charge is 0.282 e. The number of hydrogen-bond acceptors (Lipinski definition) is 6. The number of rotatable bonds is 5. The fourth-order valence-electron chi connectivity index (χ4n) is 4.25. The van der Waals surface area contributed by atoms with Crippen LogP contribution in [-0.4, -0.2) is 56.2 Å². The molecule has 7 nitrogen and oxygen atoms in total. The number of amides is 2. The second-order valence-corrected chi connectivity index (χ2v) is 7.88. The Labute approximate surface area is 186 Å². The summed E-state index contributed by atoms with van der Waals surface area (Å²) in [6, 6.07) is 10.5. The van der Waals surface area contributed by atoms with Gasteiger partial charge in [0, 0.05) is 19.2 Å². The van der Waals surface area contributed by atoms with Crippen LogP contribution in [0.5, 0.6) is 11.5 Å². The molecule has 0 spiro atoms. The molecular formula is C24H25FN2O5. The Balaban J connectivity index is 1.82. The monoisotopic (exact) mass is 440 g/mol. The summed E-state index contributed by atoms with van der Waals surface area (Å²) in [7, 11) is 3.00. The summed E-state index contributed by atoms with van der Waals surface area (Å²) in [5.41, 5.74) is 1.38. The van der Waals surface area contributed by atoms with Gasteiger partial charge in [-0.15, -0.1) is 0 Å². The maximum atomic E-state index is 13.7. The number of hydrogen-bond donors (Lipinski definition) is 0. The van der Waals surface area contributed by atoms with Gasteiger partial charge in [0.1, 0.15) is 11.5 Å². The molecule has 0 bridgehead atoms. The van der Waals surface area contributed by atoms with Gasteiger partial charge in [0.05, 0.1) is 37.7 Å². The van der Waals surface area contributed by atoms with E-state index in [1.807, 2.05) is 18.7 Å². The molecule has 4 rings (SSSR count). The molecular weight excluding hydrogens is 415 g/mol. The van der Waals surface area contributed by atoms with Crippen molar-refractivity contribution in [3.63, 3.8) is 0 Å². The van der Waals surface area contributed by atoms with Crippen LogP contribution in [0.2, 0.25) is 0 Å². The number of nitrogens with zero attached hydrogens (tertiary/aromatic N) is 2. The van der Waals surface area contributed by atoms with Crippen LogP contribution in [0.15, 0.2) is 48.2 Å². The molecule has 0 radical (unpaired) electrons. The normalized spacial score (nSPS) is 21.4. The van der Waals surface area contributed by atoms with Gasteiger partial charge in [-0.3, -0.25) is 9.59 Å². The Bertz CT molecular complexity index is 1070. The van der Waals surface area contributed by atoms with Crippen LogP contribution in [0.3, 0.4) is 0 Å². The summed E-state index contributed by atoms with van der Waals surface area (Å²) >= 11 is 0. The number of halogens is 1. The highest BCUT2D eigenvalue weighted by molar-refractivity contribution is 6.45. The van der Waals surface area contributed by atoms with Crippen molar-refractivity contribution in [2.45, 2.75) is 26.1 Å². The SMILES string of the molecule is COc1ccc(N2C(=O)C(c3ccc(F)cc3)=C(N3CC(C)OC(C)C3)C2=O)cc1OC. The minimum atomic E-state index is -0.476. The highest BCUT2D eigenvalue weighted by atomic mass is 19.1. The number of anilines is 1. The third-order valence-electron chi connectivity index (χ3n) is 5.55. The molecule has 2 amide bonds. The van der Waals surface area contributed by atoms with E-state index in [9.17, 15) is 14.0 Å². The van der Waals surface area contributed by atoms with E-state index in [1.165, 1.54) is 38.5 Å². The number of methoxy groups -OCH3 is 2. The maximum absolute atomic E-state index is 13.7. The van der Waals surface area contributed by atoms with E-state index in [0.29, 0.717) is 41.5 Å². The fraction of sp³-hybridized carbons (Fsp3) is 0.333. The summed E-state index contributed by atoms with van der Waals surface area (Å²) in [5.74, 6) is -0.453. The van der Waals surface area contributed by atoms with Crippen LogP contribution in [0.4, 0.5) is 10.1 Å². The molecule has 2 aromatic carbocycles. The summed E-state index contributed by atoms with van der Waals surface area (Å²) in [6.45, 7) is 4.77. The first-order valence-electron chi connectivity index (χ1n) is 10.4. The molecule has 1 fully saturated rings. The number of morpholine rings is 1. The summed E-state index contributed by atoms with van der Waals surface area (Å²) in [5, 5.41) is 0. The van der Waals surface area contributed by atoms with Gasteiger partial charge in [-0.2, -0.15) is 0 Å². The first-order valence-corrected chi connectivity index (χ1v) is 10.4. The van der Waals surface area contributed by atoms with Crippen LogP contribution >= 0.6 is 0 Å². The van der Waals surface area contributed by atoms with Crippen LogP contribution < -0.4 is 14.4 Å². The predicted molar refractivity (Wildman–Crippen MR) is 117 cm³/mol. The zero-order valence-corrected chi connectivity index (χ0v) is 18.4. The van der Waals surface area contributed by atoms with Crippen molar-refractivity contribution < 1.29 is 28.2 Å². The molecule has 2 unspecified atom stereocenters. The average molecular weight is 440 g/mol. The molecule has 2 aliphatic rings. The second-order valence-electron chi connectivity index (χ2n) is 7.88. The van der Waals surface area contributed by atoms with Gasteiger partial charge >= 0.3 is 0 Å². The number of imide groups is 1. The topological polar surface area (TPSA) is 68.3 Å². The van der Waals surface area contributed by atoms with Gasteiger partial charge in [0.2, 0.25) is 0 Å². The van der Waals surface area contributed by atoms with Gasteiger partial charge in [0.25, 0.3) is 11.8 Å². The molecule has 0 aliphatic carbocycles. The lowest BCUT2D eigenvalue weighted by atomic mass is 10.0. The zero-order chi connectivity index (χ0) is 23.0. The molecule has 2 aliphatic heterocycles. The number of carbonyl (C=O) groups is 2. The Hall–Kier alpha value is -3.39. The molecule has 2 aromatic rings. The molecule has 0 aromatic heterocycles. The second kappa shape index (κ2) is 8.63. The minimum absolute atomic E-state index is 0.112. The first-order chi connectivity index (χ1) is 15.3. The average Bonchev–Trinajstić information content (AvgIpc) is 3.03. The highest BCUT2D eigenvalue weighted by Crippen LogP contribution is 2.39. The minimum Gasteiger partial charge on any atom is -0.493 e. The van der Waals surface area contributed by atoms with E-state index >= 15 is 0 Å². The van der Waals surface area contributed by atoms with Crippen molar-refractivity contribution in [1.82, 2.24) is 4.90 Å². The lowest BCUT2D eigenvalue weighted by Crippen LogP contribution is -2.47. The number of benzene rings is 2. The van der Waals surface area contributed by atoms with E-state index in [2.05, 4.69) is 0 Å². The molecule has 168 valence electrons. The van der Waals surface area contributed by atoms with Crippen LogP contribution in [0.25, 0.3) is 5.57 Å². The molecule has 32 heavy (non-hydrogen) atoms. The zero-order valence-electron chi connectivity index (χ0n) is 18.4. The summed E-state index contributed by atoms with van der Waals surface area (Å²) in [4.78, 5) is 30.3. The third kappa shape index (κ3) is 3.82. The largest absolute Gasteiger partial charge is 0.493 e. The third-order valence-corrected chi connectivity index (χ3v) is 5.55. The lowest BCUT2D eigenvalue weighted by Gasteiger charge is -2.37. The fourth-order valence-corrected chi connectivity index (χ4v) is 4.25. The Morgan fingerprint density at radius 2 is 1.53 bits per heavy atom. The first kappa shape index (κ1) is 21.8. The highest BCUT2D eigenvalue weighted by Gasteiger charge is 2.44. The van der Waals surface area contributed by atoms with E-state index in [4.69, 9.17) is 14.2 Å². The van der Waals surface area contributed by atoms with Crippen molar-refractivity contribution in [1.29, 1.82) is 0 Å². The quantitative estimate of drug-likeness (QED) is 0.665. The van der Waals surface area contributed by atoms with Crippen molar-refractivity contribution in [2.75, 3.05) is 32.2 Å². The molecule has 2 atom stereocenters. The summed E-state index contributed by atoms with van der Waals surface area (Å²) in [6.07, 6.45) is -0.225. The molecule has 0 N–H and O–H groups in total. The van der Waals surface area contributed by atoms with E-state index in [0.717, 1.165) is 4.90 Å². The van der Waals surface area contributed by atoms with E-state index in [-0.39, 0.29) is 17.8 Å². The van der Waals surface area contributed by atoms with Crippen molar-refractivity contribution in [3.8, 4) is 11.5 Å². The van der Waals surface area contributed by atoms with Crippen molar-refractivity contribution >= 4 is 23.1 Å². The number of ether oxygens (including phenoxy) is 3. The Morgan fingerprint density at radius 3 is 2.12 bits per heavy atom. The maximum Gasteiger partial charge on any atom is 0.282 e. The van der Waals surface area contributed by atoms with Crippen molar-refractivity contribution in [3.05, 3.63) is 59.5 Å². The van der Waals surface area contributed by atoms with Gasteiger partial charge in [-0.05, 0) is 43.7 Å². The standard InChI is InChI=1S/C24H25FN2O5/c1-14-12-26(13-15(2)32-14)22-21(16-5-7-17(25)8-6-16)23(28)27(24(22)29)18-9-10-19(30-3)20(11-18)31-4/h5-11,14-15H,12-13H2,1-4H3. The van der Waals surface area contributed by atoms with E-state index in [1.54, 1.807) is 18.2 Å². The van der Waals surface area contributed by atoms with Gasteiger partial charge in [-0.1, -0.05) is 12.1 Å². The summed E-state index contributed by atoms with van der Waals surface area (Å²) < 4.78 is 30.0. The van der Waals surface area contributed by atoms with Crippen molar-refractivity contribution in [2.24, 2.45) is 0 Å². The van der Waals surface area contributed by atoms with Crippen LogP contribution in [-0.2, 0) is 14.3 Å². The molecule has 8 heteroatoms. The molecule has 2 heterocycles. The van der Waals surface area contributed by atoms with Gasteiger partial charge < -0.3 is 19.1 Å². The lowest BCUT2D eigenvalue weighted by molar-refractivity contribution is -0.121. The van der Waals surface area contributed by atoms with E-state index < -0.39 is 17.6 Å². The predicted octanol–water partition coefficient (Wildman–Crippen LogP) is 3.24. The van der Waals surface area contributed by atoms with Crippen LogP contribution in [0, 0.1) is 5.82 Å². The van der Waals surface area contributed by atoms with Crippen LogP contribution in [0.1, 0.15) is 19.4 Å². The molecule has 0 saturated carbocycles. The Kier molecular flexibility index (Phi) is 5.88. The van der Waals surface area contributed by atoms with Gasteiger partial charge in [-0.25, -0.2) is 9.29 Å².